The second-order valence-electron chi connectivity index (χ2n) is 3.54. The van der Waals surface area contributed by atoms with Gasteiger partial charge in [0, 0.05) is 5.56 Å². The summed E-state index contributed by atoms with van der Waals surface area (Å²) in [6, 6.07) is 6.10. The summed E-state index contributed by atoms with van der Waals surface area (Å²) in [5, 5.41) is 0.999. The van der Waals surface area contributed by atoms with E-state index >= 15 is 0 Å². The lowest BCUT2D eigenvalue weighted by Crippen LogP contribution is -1.78. The van der Waals surface area contributed by atoms with E-state index in [1.54, 1.807) is 17.7 Å². The molecule has 0 atom stereocenters. The van der Waals surface area contributed by atoms with Crippen LogP contribution in [0.25, 0.3) is 21.6 Å². The first kappa shape index (κ1) is 9.86. The van der Waals surface area contributed by atoms with E-state index in [0.29, 0.717) is 0 Å². The van der Waals surface area contributed by atoms with E-state index in [-0.39, 0.29) is 0 Å². The number of imidazole rings is 1. The van der Waals surface area contributed by atoms with Crippen LogP contribution < -0.4 is 0 Å². The number of fused-ring (bicyclic) bond motifs is 1. The summed E-state index contributed by atoms with van der Waals surface area (Å²) >= 11 is 5.96. The third kappa shape index (κ3) is 1.52. The number of nitrogens with zero attached hydrogens (tertiary/aromatic N) is 2. The van der Waals surface area contributed by atoms with Crippen molar-refractivity contribution in [3.8, 4) is 10.6 Å². The van der Waals surface area contributed by atoms with Crippen LogP contribution in [0, 0.1) is 6.92 Å². The van der Waals surface area contributed by atoms with Crippen molar-refractivity contribution in [2.75, 3.05) is 0 Å². The molecule has 3 nitrogen and oxygen atoms in total. The minimum atomic E-state index is 0.972. The normalized spacial score (nSPS) is 11.1. The van der Waals surface area contributed by atoms with Gasteiger partial charge in [-0.2, -0.15) is 0 Å². The zero-order valence-electron chi connectivity index (χ0n) is 8.56. The Morgan fingerprint density at radius 1 is 1.38 bits per heavy atom. The van der Waals surface area contributed by atoms with Gasteiger partial charge in [0.2, 0.25) is 0 Å². The van der Waals surface area contributed by atoms with Crippen molar-refractivity contribution in [1.82, 2.24) is 15.0 Å². The second-order valence-corrected chi connectivity index (χ2v) is 5.29. The number of hydrogen-bond acceptors (Lipinski definition) is 4. The molecule has 3 aromatic rings. The first-order valence-electron chi connectivity index (χ1n) is 4.84. The molecule has 0 saturated heterocycles. The van der Waals surface area contributed by atoms with Crippen LogP contribution in [0.2, 0.25) is 0 Å². The maximum absolute atomic E-state index is 4.48. The van der Waals surface area contributed by atoms with Gasteiger partial charge < -0.3 is 4.98 Å². The lowest BCUT2D eigenvalue weighted by atomic mass is 10.2. The Kier molecular flexibility index (Phi) is 2.22. The SMILES string of the molecule is Cc1nc(-c2ccc3nc[nH]c3c2)sc1S. The maximum atomic E-state index is 4.48. The van der Waals surface area contributed by atoms with E-state index in [1.165, 1.54) is 0 Å². The fourth-order valence-electron chi connectivity index (χ4n) is 1.58. The highest BCUT2D eigenvalue weighted by Crippen LogP contribution is 2.31. The third-order valence-electron chi connectivity index (χ3n) is 2.44. The van der Waals surface area contributed by atoms with Gasteiger partial charge in [0.25, 0.3) is 0 Å². The summed E-state index contributed by atoms with van der Waals surface area (Å²) in [5.74, 6) is 0. The lowest BCUT2D eigenvalue weighted by molar-refractivity contribution is 1.21. The van der Waals surface area contributed by atoms with Gasteiger partial charge in [-0.05, 0) is 25.1 Å². The van der Waals surface area contributed by atoms with Crippen LogP contribution in [0.3, 0.4) is 0 Å². The number of benzene rings is 1. The summed E-state index contributed by atoms with van der Waals surface area (Å²) in [4.78, 5) is 11.8. The van der Waals surface area contributed by atoms with Crippen molar-refractivity contribution in [3.05, 3.63) is 30.2 Å². The smallest absolute Gasteiger partial charge is 0.124 e. The van der Waals surface area contributed by atoms with Gasteiger partial charge in [0.15, 0.2) is 0 Å². The molecule has 0 bridgehead atoms. The molecule has 0 aliphatic heterocycles. The van der Waals surface area contributed by atoms with Gasteiger partial charge in [-0.3, -0.25) is 0 Å². The Morgan fingerprint density at radius 3 is 3.00 bits per heavy atom. The molecule has 0 fully saturated rings. The maximum Gasteiger partial charge on any atom is 0.124 e. The number of hydrogen-bond donors (Lipinski definition) is 2. The van der Waals surface area contributed by atoms with E-state index in [1.807, 2.05) is 19.1 Å². The summed E-state index contributed by atoms with van der Waals surface area (Å²) in [7, 11) is 0. The molecule has 1 aromatic carbocycles. The monoisotopic (exact) mass is 247 g/mol. The van der Waals surface area contributed by atoms with Crippen LogP contribution in [-0.2, 0) is 0 Å². The molecule has 0 aliphatic carbocycles. The number of thiol groups is 1. The lowest BCUT2D eigenvalue weighted by Gasteiger charge is -1.95. The fraction of sp³-hybridized carbons (Fsp3) is 0.0909. The van der Waals surface area contributed by atoms with E-state index in [4.69, 9.17) is 0 Å². The van der Waals surface area contributed by atoms with Gasteiger partial charge in [-0.1, -0.05) is 0 Å². The zero-order chi connectivity index (χ0) is 11.1. The van der Waals surface area contributed by atoms with Crippen LogP contribution >= 0.6 is 24.0 Å². The van der Waals surface area contributed by atoms with E-state index in [0.717, 1.165) is 31.5 Å². The van der Waals surface area contributed by atoms with Crippen molar-refractivity contribution in [2.24, 2.45) is 0 Å². The third-order valence-corrected chi connectivity index (χ3v) is 4.05. The standard InChI is InChI=1S/C11H9N3S2/c1-6-11(15)16-10(14-6)7-2-3-8-9(4-7)13-5-12-8/h2-5,15H,1H3,(H,12,13). The molecule has 0 aliphatic rings. The molecule has 80 valence electrons. The fourth-order valence-corrected chi connectivity index (χ4v) is 2.69. The quantitative estimate of drug-likeness (QED) is 0.648. The minimum Gasteiger partial charge on any atom is -0.345 e. The predicted octanol–water partition coefficient (Wildman–Crippen LogP) is 3.28. The van der Waals surface area contributed by atoms with Crippen molar-refractivity contribution < 1.29 is 0 Å². The van der Waals surface area contributed by atoms with E-state index in [9.17, 15) is 0 Å². The highest BCUT2D eigenvalue weighted by atomic mass is 32.2. The van der Waals surface area contributed by atoms with Crippen LogP contribution in [0.1, 0.15) is 5.69 Å². The van der Waals surface area contributed by atoms with Crippen molar-refractivity contribution >= 4 is 35.0 Å². The highest BCUT2D eigenvalue weighted by molar-refractivity contribution is 7.83. The first-order chi connectivity index (χ1) is 7.74. The molecule has 0 radical (unpaired) electrons. The van der Waals surface area contributed by atoms with Gasteiger partial charge in [-0.15, -0.1) is 24.0 Å². The second kappa shape index (κ2) is 3.61. The Balaban J connectivity index is 2.17. The number of thiazole rings is 1. The summed E-state index contributed by atoms with van der Waals surface area (Å²) < 4.78 is 0.972. The van der Waals surface area contributed by atoms with Crippen LogP contribution in [-0.4, -0.2) is 15.0 Å². The molecule has 0 amide bonds. The van der Waals surface area contributed by atoms with Crippen LogP contribution in [0.15, 0.2) is 28.7 Å². The molecule has 0 spiro atoms. The summed E-state index contributed by atoms with van der Waals surface area (Å²) in [6.07, 6.45) is 1.70. The van der Waals surface area contributed by atoms with Gasteiger partial charge in [0.05, 0.1) is 27.3 Å². The molecule has 1 N–H and O–H groups in total. The molecule has 2 aromatic heterocycles. The average molecular weight is 247 g/mol. The number of aromatic amines is 1. The molecule has 0 unspecified atom stereocenters. The highest BCUT2D eigenvalue weighted by Gasteiger charge is 2.07. The molecular weight excluding hydrogens is 238 g/mol. The largest absolute Gasteiger partial charge is 0.345 e. The van der Waals surface area contributed by atoms with E-state index < -0.39 is 0 Å². The molecule has 3 rings (SSSR count). The predicted molar refractivity (Wildman–Crippen MR) is 69.2 cm³/mol. The van der Waals surface area contributed by atoms with Gasteiger partial charge >= 0.3 is 0 Å². The zero-order valence-corrected chi connectivity index (χ0v) is 10.3. The Morgan fingerprint density at radius 2 is 2.25 bits per heavy atom. The molecule has 16 heavy (non-hydrogen) atoms. The molecule has 2 heterocycles. The minimum absolute atomic E-state index is 0.972. The summed E-state index contributed by atoms with van der Waals surface area (Å²) in [6.45, 7) is 1.97. The van der Waals surface area contributed by atoms with Crippen LogP contribution in [0.5, 0.6) is 0 Å². The average Bonchev–Trinajstić information content (AvgIpc) is 2.85. The topological polar surface area (TPSA) is 41.6 Å². The number of rotatable bonds is 1. The number of nitrogens with one attached hydrogen (secondary N) is 1. The Bertz CT molecular complexity index is 635. The number of H-pyrrole nitrogens is 1. The van der Waals surface area contributed by atoms with Crippen molar-refractivity contribution in [1.29, 1.82) is 0 Å². The van der Waals surface area contributed by atoms with Gasteiger partial charge in [0.1, 0.15) is 5.01 Å². The van der Waals surface area contributed by atoms with Crippen LogP contribution in [0.4, 0.5) is 0 Å². The molecule has 0 saturated carbocycles. The molecular formula is C11H9N3S2. The Labute approximate surface area is 102 Å². The van der Waals surface area contributed by atoms with Gasteiger partial charge in [-0.25, -0.2) is 9.97 Å². The summed E-state index contributed by atoms with van der Waals surface area (Å²) in [5.41, 5.74) is 4.09. The Hall–Kier alpha value is -1.33. The first-order valence-corrected chi connectivity index (χ1v) is 6.10. The van der Waals surface area contributed by atoms with Crippen molar-refractivity contribution in [2.45, 2.75) is 11.1 Å². The van der Waals surface area contributed by atoms with E-state index in [2.05, 4.69) is 33.6 Å². The number of aromatic nitrogens is 3. The molecule has 5 heteroatoms. The van der Waals surface area contributed by atoms with Crippen molar-refractivity contribution in [3.63, 3.8) is 0 Å². The number of aryl methyl sites for hydroxylation is 1.